The van der Waals surface area contributed by atoms with Crippen molar-refractivity contribution >= 4 is 21.9 Å². The van der Waals surface area contributed by atoms with Crippen molar-refractivity contribution in [2.75, 3.05) is 13.1 Å². The molecule has 6 heterocycles. The van der Waals surface area contributed by atoms with Crippen molar-refractivity contribution in [3.05, 3.63) is 78.8 Å². The maximum atomic E-state index is 15.3. The zero-order chi connectivity index (χ0) is 25.5. The second-order valence-electron chi connectivity index (χ2n) is 9.75. The highest BCUT2D eigenvalue weighted by atomic mass is 19.1. The molecule has 0 bridgehead atoms. The molecule has 1 aliphatic heterocycles. The molecule has 0 saturated carbocycles. The van der Waals surface area contributed by atoms with Gasteiger partial charge in [0, 0.05) is 54.0 Å². The Morgan fingerprint density at radius 2 is 1.76 bits per heavy atom. The molecule has 7 rings (SSSR count). The molecule has 0 aliphatic carbocycles. The first-order valence-electron chi connectivity index (χ1n) is 12.8. The largest absolute Gasteiger partial charge is 0.337 e. The Hall–Kier alpha value is -4.50. The molecule has 1 aliphatic rings. The van der Waals surface area contributed by atoms with E-state index in [1.807, 2.05) is 30.5 Å². The van der Waals surface area contributed by atoms with Gasteiger partial charge in [0.05, 0.1) is 11.2 Å². The number of nitrogens with zero attached hydrogens (tertiary/aromatic N) is 6. The standard InChI is InChI=1S/C29H25FN8/c30-23-13-20(21-11-18(14-32-16-21)17-38-9-2-1-3-10-38)12-22-26(23)36-37-27(22)29-34-24-6-8-33-25(28(24)35-29)19-5-4-7-31-15-19/h4-8,11-16H,1-3,9-10,17H2,(H,34,35)(H,36,37). The third-order valence-corrected chi connectivity index (χ3v) is 7.17. The van der Waals surface area contributed by atoms with E-state index in [0.29, 0.717) is 22.4 Å². The summed E-state index contributed by atoms with van der Waals surface area (Å²) < 4.78 is 15.3. The average Bonchev–Trinajstić information content (AvgIpc) is 3.59. The fourth-order valence-corrected chi connectivity index (χ4v) is 5.30. The van der Waals surface area contributed by atoms with Crippen LogP contribution >= 0.6 is 0 Å². The van der Waals surface area contributed by atoms with Crippen molar-refractivity contribution in [3.63, 3.8) is 0 Å². The number of hydrogen-bond acceptors (Lipinski definition) is 6. The summed E-state index contributed by atoms with van der Waals surface area (Å²) >= 11 is 0. The molecule has 0 radical (unpaired) electrons. The SMILES string of the molecule is Fc1cc(-c2cncc(CN3CCCCC3)c2)cc2c(-c3nc4c(-c5cccnc5)nccc4[nH]3)[nH]nc12. The molecular weight excluding hydrogens is 479 g/mol. The first-order valence-corrected chi connectivity index (χ1v) is 12.8. The fourth-order valence-electron chi connectivity index (χ4n) is 5.30. The topological polar surface area (TPSA) is 99.3 Å². The first kappa shape index (κ1) is 22.7. The van der Waals surface area contributed by atoms with Crippen molar-refractivity contribution in [2.45, 2.75) is 25.8 Å². The van der Waals surface area contributed by atoms with Gasteiger partial charge in [-0.3, -0.25) is 25.0 Å². The van der Waals surface area contributed by atoms with Crippen LogP contribution in [0.1, 0.15) is 24.8 Å². The van der Waals surface area contributed by atoms with E-state index in [-0.39, 0.29) is 5.52 Å². The Morgan fingerprint density at radius 3 is 2.63 bits per heavy atom. The lowest BCUT2D eigenvalue weighted by Gasteiger charge is -2.26. The number of imidazole rings is 1. The van der Waals surface area contributed by atoms with Crippen LogP contribution in [0.4, 0.5) is 4.39 Å². The number of aromatic nitrogens is 7. The Kier molecular flexibility index (Phi) is 5.62. The van der Waals surface area contributed by atoms with E-state index in [9.17, 15) is 0 Å². The monoisotopic (exact) mass is 504 g/mol. The molecule has 38 heavy (non-hydrogen) atoms. The number of hydrogen-bond donors (Lipinski definition) is 2. The van der Waals surface area contributed by atoms with Gasteiger partial charge in [-0.1, -0.05) is 6.42 Å². The highest BCUT2D eigenvalue weighted by Crippen LogP contribution is 2.33. The van der Waals surface area contributed by atoms with Crippen LogP contribution < -0.4 is 0 Å². The van der Waals surface area contributed by atoms with Gasteiger partial charge in [0.2, 0.25) is 0 Å². The van der Waals surface area contributed by atoms with Gasteiger partial charge in [0.1, 0.15) is 16.7 Å². The van der Waals surface area contributed by atoms with E-state index in [2.05, 4.69) is 41.1 Å². The molecule has 188 valence electrons. The normalized spacial score (nSPS) is 14.4. The number of benzene rings is 1. The van der Waals surface area contributed by atoms with Gasteiger partial charge in [0.15, 0.2) is 11.6 Å². The van der Waals surface area contributed by atoms with Crippen LogP contribution in [-0.4, -0.2) is 53.1 Å². The van der Waals surface area contributed by atoms with E-state index >= 15 is 4.39 Å². The molecule has 0 unspecified atom stereocenters. The van der Waals surface area contributed by atoms with Crippen LogP contribution in [0.2, 0.25) is 0 Å². The van der Waals surface area contributed by atoms with E-state index in [0.717, 1.165) is 53.1 Å². The minimum Gasteiger partial charge on any atom is -0.337 e. The lowest BCUT2D eigenvalue weighted by Crippen LogP contribution is -2.29. The third-order valence-electron chi connectivity index (χ3n) is 7.17. The lowest BCUT2D eigenvalue weighted by molar-refractivity contribution is 0.220. The smallest absolute Gasteiger partial charge is 0.157 e. The van der Waals surface area contributed by atoms with Gasteiger partial charge in [0.25, 0.3) is 0 Å². The van der Waals surface area contributed by atoms with Crippen LogP contribution in [-0.2, 0) is 6.54 Å². The van der Waals surface area contributed by atoms with Gasteiger partial charge >= 0.3 is 0 Å². The molecule has 1 saturated heterocycles. The number of H-pyrrole nitrogens is 2. The molecule has 1 aromatic carbocycles. The first-order chi connectivity index (χ1) is 18.7. The second-order valence-corrected chi connectivity index (χ2v) is 9.75. The van der Waals surface area contributed by atoms with E-state index in [4.69, 9.17) is 4.98 Å². The number of fused-ring (bicyclic) bond motifs is 2. The van der Waals surface area contributed by atoms with Gasteiger partial charge < -0.3 is 4.98 Å². The van der Waals surface area contributed by atoms with Gasteiger partial charge in [-0.15, -0.1) is 0 Å². The highest BCUT2D eigenvalue weighted by Gasteiger charge is 2.19. The number of nitrogens with one attached hydrogen (secondary N) is 2. The maximum absolute atomic E-state index is 15.3. The summed E-state index contributed by atoms with van der Waals surface area (Å²) in [4.78, 5) is 23.9. The van der Waals surface area contributed by atoms with Crippen LogP contribution in [0.3, 0.4) is 0 Å². The minimum absolute atomic E-state index is 0.271. The van der Waals surface area contributed by atoms with Crippen LogP contribution in [0.25, 0.3) is 55.8 Å². The summed E-state index contributed by atoms with van der Waals surface area (Å²) in [6, 6.07) is 11.3. The maximum Gasteiger partial charge on any atom is 0.157 e. The Labute approximate surface area is 218 Å². The summed E-state index contributed by atoms with van der Waals surface area (Å²) in [7, 11) is 0. The van der Waals surface area contributed by atoms with E-state index in [1.165, 1.54) is 25.3 Å². The van der Waals surface area contributed by atoms with E-state index in [1.54, 1.807) is 24.8 Å². The molecular formula is C29H25FN8. The fraction of sp³-hybridized carbons (Fsp3) is 0.207. The third kappa shape index (κ3) is 4.10. The molecule has 0 amide bonds. The van der Waals surface area contributed by atoms with Crippen molar-refractivity contribution < 1.29 is 4.39 Å². The summed E-state index contributed by atoms with van der Waals surface area (Å²) in [5.41, 5.74) is 6.78. The van der Waals surface area contributed by atoms with Crippen molar-refractivity contribution in [3.8, 4) is 33.9 Å². The molecule has 8 nitrogen and oxygen atoms in total. The number of rotatable bonds is 5. The van der Waals surface area contributed by atoms with Crippen LogP contribution in [0.15, 0.2) is 67.4 Å². The number of aromatic amines is 2. The quantitative estimate of drug-likeness (QED) is 0.310. The molecule has 0 atom stereocenters. The van der Waals surface area contributed by atoms with E-state index < -0.39 is 5.82 Å². The Morgan fingerprint density at radius 1 is 0.868 bits per heavy atom. The number of pyridine rings is 3. The predicted octanol–water partition coefficient (Wildman–Crippen LogP) is 5.75. The molecule has 0 spiro atoms. The zero-order valence-electron chi connectivity index (χ0n) is 20.7. The highest BCUT2D eigenvalue weighted by molar-refractivity contribution is 5.97. The molecule has 9 heteroatoms. The van der Waals surface area contributed by atoms with Crippen LogP contribution in [0, 0.1) is 5.82 Å². The average molecular weight is 505 g/mol. The Balaban J connectivity index is 1.29. The summed E-state index contributed by atoms with van der Waals surface area (Å²) in [5, 5.41) is 7.91. The Bertz CT molecular complexity index is 1750. The molecule has 6 aromatic rings. The van der Waals surface area contributed by atoms with Crippen LogP contribution in [0.5, 0.6) is 0 Å². The lowest BCUT2D eigenvalue weighted by atomic mass is 10.0. The van der Waals surface area contributed by atoms with Gasteiger partial charge in [-0.2, -0.15) is 5.10 Å². The zero-order valence-corrected chi connectivity index (χ0v) is 20.7. The number of piperidine rings is 1. The van der Waals surface area contributed by atoms with Crippen molar-refractivity contribution in [2.24, 2.45) is 0 Å². The number of likely N-dealkylation sites (tertiary alicyclic amines) is 1. The van der Waals surface area contributed by atoms with Crippen molar-refractivity contribution in [1.29, 1.82) is 0 Å². The summed E-state index contributed by atoms with van der Waals surface area (Å²) in [5.74, 6) is 0.171. The minimum atomic E-state index is -0.393. The number of halogens is 1. The second kappa shape index (κ2) is 9.42. The molecule has 2 N–H and O–H groups in total. The van der Waals surface area contributed by atoms with Gasteiger partial charge in [-0.05, 0) is 73.5 Å². The predicted molar refractivity (Wildman–Crippen MR) is 145 cm³/mol. The molecule has 5 aromatic heterocycles. The molecule has 1 fully saturated rings. The van der Waals surface area contributed by atoms with Gasteiger partial charge in [-0.25, -0.2) is 9.37 Å². The summed E-state index contributed by atoms with van der Waals surface area (Å²) in [6.07, 6.45) is 12.7. The summed E-state index contributed by atoms with van der Waals surface area (Å²) in [6.45, 7) is 3.08. The van der Waals surface area contributed by atoms with Crippen molar-refractivity contribution in [1.82, 2.24) is 40.0 Å².